The standard InChI is InChI=1S/C9H16N2O2/c1-6-3-4-11(8(13)5-10)9(6)7(2)12/h6,9H,3-5,10H2,1-2H3. The van der Waals surface area contributed by atoms with Crippen molar-refractivity contribution in [2.45, 2.75) is 26.3 Å². The molecule has 1 amide bonds. The number of rotatable bonds is 2. The number of carbonyl (C=O) groups excluding carboxylic acids is 2. The highest BCUT2D eigenvalue weighted by Crippen LogP contribution is 2.24. The molecule has 4 nitrogen and oxygen atoms in total. The summed E-state index contributed by atoms with van der Waals surface area (Å²) >= 11 is 0. The second-order valence-electron chi connectivity index (χ2n) is 3.61. The molecule has 2 N–H and O–H groups in total. The first-order chi connectivity index (χ1) is 6.07. The largest absolute Gasteiger partial charge is 0.331 e. The van der Waals surface area contributed by atoms with Gasteiger partial charge in [0.05, 0.1) is 12.6 Å². The Bertz CT molecular complexity index is 228. The van der Waals surface area contributed by atoms with E-state index < -0.39 is 0 Å². The molecule has 0 bridgehead atoms. The summed E-state index contributed by atoms with van der Waals surface area (Å²) in [6.07, 6.45) is 0.899. The van der Waals surface area contributed by atoms with Gasteiger partial charge >= 0.3 is 0 Å². The Labute approximate surface area is 78.1 Å². The maximum absolute atomic E-state index is 11.3. The third-order valence-electron chi connectivity index (χ3n) is 2.61. The first-order valence-corrected chi connectivity index (χ1v) is 4.58. The zero-order valence-electron chi connectivity index (χ0n) is 8.12. The lowest BCUT2D eigenvalue weighted by Crippen LogP contribution is -2.44. The zero-order chi connectivity index (χ0) is 10.0. The quantitative estimate of drug-likeness (QED) is 0.645. The second-order valence-corrected chi connectivity index (χ2v) is 3.61. The molecule has 4 heteroatoms. The fraction of sp³-hybridized carbons (Fsp3) is 0.778. The van der Waals surface area contributed by atoms with Crippen LogP contribution in [0.1, 0.15) is 20.3 Å². The van der Waals surface area contributed by atoms with E-state index in [9.17, 15) is 9.59 Å². The normalized spacial score (nSPS) is 27.8. The smallest absolute Gasteiger partial charge is 0.236 e. The molecule has 2 atom stereocenters. The fourth-order valence-electron chi connectivity index (χ4n) is 1.96. The van der Waals surface area contributed by atoms with Crippen molar-refractivity contribution in [2.24, 2.45) is 11.7 Å². The zero-order valence-corrected chi connectivity index (χ0v) is 8.12. The molecule has 0 aromatic rings. The van der Waals surface area contributed by atoms with Gasteiger partial charge in [-0.3, -0.25) is 9.59 Å². The average Bonchev–Trinajstić information content (AvgIpc) is 2.45. The summed E-state index contributed by atoms with van der Waals surface area (Å²) < 4.78 is 0. The molecular weight excluding hydrogens is 168 g/mol. The Morgan fingerprint density at radius 3 is 2.62 bits per heavy atom. The molecule has 2 unspecified atom stereocenters. The molecular formula is C9H16N2O2. The van der Waals surface area contributed by atoms with Crippen LogP contribution in [0.2, 0.25) is 0 Å². The van der Waals surface area contributed by atoms with Crippen LogP contribution in [-0.2, 0) is 9.59 Å². The lowest BCUT2D eigenvalue weighted by molar-refractivity contribution is -0.136. The second kappa shape index (κ2) is 3.87. The number of ketones is 1. The van der Waals surface area contributed by atoms with Gasteiger partial charge in [-0.05, 0) is 19.3 Å². The summed E-state index contributed by atoms with van der Waals surface area (Å²) in [6.45, 7) is 4.19. The minimum atomic E-state index is -0.240. The maximum Gasteiger partial charge on any atom is 0.236 e. The number of carbonyl (C=O) groups is 2. The third kappa shape index (κ3) is 1.88. The van der Waals surface area contributed by atoms with Crippen LogP contribution in [0.3, 0.4) is 0 Å². The average molecular weight is 184 g/mol. The van der Waals surface area contributed by atoms with E-state index in [0.29, 0.717) is 6.54 Å². The van der Waals surface area contributed by atoms with Crippen LogP contribution in [0.5, 0.6) is 0 Å². The molecule has 1 aliphatic heterocycles. The van der Waals surface area contributed by atoms with Gasteiger partial charge in [0.15, 0.2) is 5.78 Å². The third-order valence-corrected chi connectivity index (χ3v) is 2.61. The maximum atomic E-state index is 11.3. The van der Waals surface area contributed by atoms with E-state index in [1.54, 1.807) is 4.90 Å². The molecule has 1 rings (SSSR count). The Balaban J connectivity index is 2.75. The molecule has 0 aliphatic carbocycles. The van der Waals surface area contributed by atoms with Crippen LogP contribution in [0.15, 0.2) is 0 Å². The number of likely N-dealkylation sites (tertiary alicyclic amines) is 1. The van der Waals surface area contributed by atoms with Crippen molar-refractivity contribution in [2.75, 3.05) is 13.1 Å². The van der Waals surface area contributed by atoms with E-state index in [1.165, 1.54) is 6.92 Å². The molecule has 0 spiro atoms. The summed E-state index contributed by atoms with van der Waals surface area (Å²) in [7, 11) is 0. The highest BCUT2D eigenvalue weighted by Gasteiger charge is 2.36. The highest BCUT2D eigenvalue weighted by atomic mass is 16.2. The lowest BCUT2D eigenvalue weighted by atomic mass is 10.00. The monoisotopic (exact) mass is 184 g/mol. The number of nitrogens with zero attached hydrogens (tertiary/aromatic N) is 1. The summed E-state index contributed by atoms with van der Waals surface area (Å²) in [5.74, 6) is 0.212. The van der Waals surface area contributed by atoms with Crippen LogP contribution in [0.25, 0.3) is 0 Å². The van der Waals surface area contributed by atoms with Gasteiger partial charge in [-0.25, -0.2) is 0 Å². The van der Waals surface area contributed by atoms with Gasteiger partial charge < -0.3 is 10.6 Å². The van der Waals surface area contributed by atoms with Crippen LogP contribution in [0.4, 0.5) is 0 Å². The Morgan fingerprint density at radius 2 is 2.15 bits per heavy atom. The van der Waals surface area contributed by atoms with Gasteiger partial charge in [-0.15, -0.1) is 0 Å². The predicted molar refractivity (Wildman–Crippen MR) is 49.0 cm³/mol. The molecule has 1 aliphatic rings. The van der Waals surface area contributed by atoms with Crippen LogP contribution >= 0.6 is 0 Å². The number of amides is 1. The molecule has 1 fully saturated rings. The molecule has 1 saturated heterocycles. The van der Waals surface area contributed by atoms with Crippen molar-refractivity contribution < 1.29 is 9.59 Å². The van der Waals surface area contributed by atoms with Crippen LogP contribution in [0, 0.1) is 5.92 Å². The number of hydrogen-bond donors (Lipinski definition) is 1. The minimum Gasteiger partial charge on any atom is -0.331 e. The van der Waals surface area contributed by atoms with Crippen molar-refractivity contribution in [3.05, 3.63) is 0 Å². The van der Waals surface area contributed by atoms with Gasteiger partial charge in [-0.1, -0.05) is 6.92 Å². The number of hydrogen-bond acceptors (Lipinski definition) is 3. The van der Waals surface area contributed by atoms with Crippen molar-refractivity contribution in [1.29, 1.82) is 0 Å². The molecule has 13 heavy (non-hydrogen) atoms. The summed E-state index contributed by atoms with van der Waals surface area (Å²) in [4.78, 5) is 24.2. The van der Waals surface area contributed by atoms with Crippen molar-refractivity contribution in [1.82, 2.24) is 4.90 Å². The van der Waals surface area contributed by atoms with Gasteiger partial charge in [-0.2, -0.15) is 0 Å². The molecule has 0 aromatic heterocycles. The van der Waals surface area contributed by atoms with E-state index >= 15 is 0 Å². The number of Topliss-reactive ketones (excluding diaryl/α,β-unsaturated/α-hetero) is 1. The van der Waals surface area contributed by atoms with Crippen molar-refractivity contribution in [3.8, 4) is 0 Å². The first kappa shape index (κ1) is 10.2. The predicted octanol–water partition coefficient (Wildman–Crippen LogP) is -0.229. The molecule has 1 heterocycles. The fourth-order valence-corrected chi connectivity index (χ4v) is 1.96. The highest BCUT2D eigenvalue weighted by molar-refractivity contribution is 5.89. The first-order valence-electron chi connectivity index (χ1n) is 4.58. The number of nitrogens with two attached hydrogens (primary N) is 1. The SMILES string of the molecule is CC(=O)C1C(C)CCN1C(=O)CN. The van der Waals surface area contributed by atoms with Crippen molar-refractivity contribution >= 4 is 11.7 Å². The van der Waals surface area contributed by atoms with Crippen LogP contribution in [-0.4, -0.2) is 35.7 Å². The van der Waals surface area contributed by atoms with Gasteiger partial charge in [0.2, 0.25) is 5.91 Å². The molecule has 0 saturated carbocycles. The Kier molecular flexibility index (Phi) is 3.03. The molecule has 74 valence electrons. The summed E-state index contributed by atoms with van der Waals surface area (Å²) in [5.41, 5.74) is 5.26. The lowest BCUT2D eigenvalue weighted by Gasteiger charge is -2.23. The van der Waals surface area contributed by atoms with E-state index in [-0.39, 0.29) is 30.2 Å². The van der Waals surface area contributed by atoms with Gasteiger partial charge in [0, 0.05) is 6.54 Å². The van der Waals surface area contributed by atoms with E-state index in [0.717, 1.165) is 6.42 Å². The molecule has 0 aromatic carbocycles. The summed E-state index contributed by atoms with van der Waals surface area (Å²) in [5, 5.41) is 0. The Hall–Kier alpha value is -0.900. The van der Waals surface area contributed by atoms with E-state index in [2.05, 4.69) is 0 Å². The van der Waals surface area contributed by atoms with Gasteiger partial charge in [0.25, 0.3) is 0 Å². The summed E-state index contributed by atoms with van der Waals surface area (Å²) in [6, 6.07) is -0.240. The minimum absolute atomic E-state index is 0.00347. The van der Waals surface area contributed by atoms with E-state index in [4.69, 9.17) is 5.73 Å². The van der Waals surface area contributed by atoms with Crippen LogP contribution < -0.4 is 5.73 Å². The topological polar surface area (TPSA) is 63.4 Å². The van der Waals surface area contributed by atoms with Gasteiger partial charge in [0.1, 0.15) is 0 Å². The molecule has 0 radical (unpaired) electrons. The van der Waals surface area contributed by atoms with Crippen molar-refractivity contribution in [3.63, 3.8) is 0 Å². The van der Waals surface area contributed by atoms with E-state index in [1.807, 2.05) is 6.92 Å². The Morgan fingerprint density at radius 1 is 1.54 bits per heavy atom.